The summed E-state index contributed by atoms with van der Waals surface area (Å²) in [4.78, 5) is 23.0. The number of nitrogens with zero attached hydrogens (tertiary/aromatic N) is 2. The van der Waals surface area contributed by atoms with Gasteiger partial charge in [0.15, 0.2) is 0 Å². The van der Waals surface area contributed by atoms with E-state index in [1.54, 1.807) is 0 Å². The van der Waals surface area contributed by atoms with Crippen LogP contribution in [0.25, 0.3) is 4.85 Å². The third-order valence-corrected chi connectivity index (χ3v) is 1.93. The van der Waals surface area contributed by atoms with E-state index in [4.69, 9.17) is 6.57 Å². The van der Waals surface area contributed by atoms with Crippen molar-refractivity contribution in [1.29, 1.82) is 0 Å². The molecule has 0 spiro atoms. The molecule has 1 N–H and O–H groups in total. The van der Waals surface area contributed by atoms with Gasteiger partial charge in [-0.2, -0.15) is 0 Å². The Balaban J connectivity index is 3.67. The normalized spacial score (nSPS) is 9.53. The van der Waals surface area contributed by atoms with Gasteiger partial charge in [-0.05, 0) is 6.07 Å². The van der Waals surface area contributed by atoms with E-state index in [9.17, 15) is 23.7 Å². The minimum Gasteiger partial charge on any atom is -0.355 e. The summed E-state index contributed by atoms with van der Waals surface area (Å²) in [5.74, 6) is -3.85. The molecule has 8 heteroatoms. The fourth-order valence-corrected chi connectivity index (χ4v) is 1.18. The number of carbonyl (C=O) groups excluding carboxylic acids is 1. The number of nitro benzene ring substituents is 1. The van der Waals surface area contributed by atoms with E-state index in [0.717, 1.165) is 7.05 Å². The smallest absolute Gasteiger partial charge is 0.318 e. The summed E-state index contributed by atoms with van der Waals surface area (Å²) in [6, 6.07) is 0.453. The van der Waals surface area contributed by atoms with Crippen molar-refractivity contribution in [2.45, 2.75) is 0 Å². The molecule has 0 saturated heterocycles. The van der Waals surface area contributed by atoms with Gasteiger partial charge in [-0.15, -0.1) is 0 Å². The molecule has 1 rings (SSSR count). The molecular formula is C9H5F2N3O3. The molecular weight excluding hydrogens is 236 g/mol. The third-order valence-electron chi connectivity index (χ3n) is 1.93. The highest BCUT2D eigenvalue weighted by molar-refractivity contribution is 5.96. The number of hydrogen-bond acceptors (Lipinski definition) is 3. The number of hydrogen-bond donors (Lipinski definition) is 1. The van der Waals surface area contributed by atoms with Crippen LogP contribution in [0.4, 0.5) is 20.2 Å². The molecule has 0 aromatic heterocycles. The Hall–Kier alpha value is -2.56. The van der Waals surface area contributed by atoms with E-state index in [1.165, 1.54) is 0 Å². The van der Waals surface area contributed by atoms with Crippen LogP contribution in [0, 0.1) is 28.3 Å². The third kappa shape index (κ3) is 2.03. The maximum Gasteiger partial charge on any atom is 0.318 e. The molecule has 0 fully saturated rings. The monoisotopic (exact) mass is 241 g/mol. The van der Waals surface area contributed by atoms with Crippen LogP contribution >= 0.6 is 0 Å². The topological polar surface area (TPSA) is 76.6 Å². The van der Waals surface area contributed by atoms with Gasteiger partial charge in [0, 0.05) is 7.05 Å². The van der Waals surface area contributed by atoms with Gasteiger partial charge in [-0.25, -0.2) is 13.6 Å². The van der Waals surface area contributed by atoms with Gasteiger partial charge < -0.3 is 5.32 Å². The van der Waals surface area contributed by atoms with Crippen molar-refractivity contribution in [3.8, 4) is 0 Å². The molecule has 0 radical (unpaired) electrons. The van der Waals surface area contributed by atoms with E-state index < -0.39 is 39.4 Å². The molecule has 1 amide bonds. The Morgan fingerprint density at radius 1 is 1.59 bits per heavy atom. The van der Waals surface area contributed by atoms with E-state index in [1.807, 2.05) is 5.32 Å². The van der Waals surface area contributed by atoms with Crippen LogP contribution < -0.4 is 5.32 Å². The minimum atomic E-state index is -1.53. The van der Waals surface area contributed by atoms with E-state index in [2.05, 4.69) is 4.85 Å². The quantitative estimate of drug-likeness (QED) is 0.487. The number of benzene rings is 1. The summed E-state index contributed by atoms with van der Waals surface area (Å²) in [5, 5.41) is 12.5. The first-order chi connectivity index (χ1) is 7.93. The largest absolute Gasteiger partial charge is 0.355 e. The fraction of sp³-hybridized carbons (Fsp3) is 0.111. The Bertz CT molecular complexity index is 551. The highest BCUT2D eigenvalue weighted by atomic mass is 19.1. The lowest BCUT2D eigenvalue weighted by Crippen LogP contribution is -2.20. The first-order valence-electron chi connectivity index (χ1n) is 4.20. The number of carbonyl (C=O) groups is 1. The first-order valence-corrected chi connectivity index (χ1v) is 4.20. The van der Waals surface area contributed by atoms with Gasteiger partial charge in [-0.1, -0.05) is 0 Å². The number of halogens is 2. The van der Waals surface area contributed by atoms with Crippen LogP contribution in [0.2, 0.25) is 0 Å². The van der Waals surface area contributed by atoms with Crippen molar-refractivity contribution in [2.24, 2.45) is 0 Å². The lowest BCUT2D eigenvalue weighted by atomic mass is 10.1. The van der Waals surface area contributed by atoms with E-state index in [-0.39, 0.29) is 0 Å². The summed E-state index contributed by atoms with van der Waals surface area (Å²) in [7, 11) is 1.16. The maximum atomic E-state index is 13.6. The summed E-state index contributed by atoms with van der Waals surface area (Å²) in [6.07, 6.45) is 0. The van der Waals surface area contributed by atoms with Gasteiger partial charge in [-0.3, -0.25) is 14.9 Å². The number of nitro groups is 1. The number of nitrogens with one attached hydrogen (secondary N) is 1. The second kappa shape index (κ2) is 4.52. The average molecular weight is 241 g/mol. The van der Waals surface area contributed by atoms with Gasteiger partial charge in [0.1, 0.15) is 5.82 Å². The zero-order valence-corrected chi connectivity index (χ0v) is 8.45. The Morgan fingerprint density at radius 3 is 2.59 bits per heavy atom. The predicted octanol–water partition coefficient (Wildman–Crippen LogP) is 1.78. The van der Waals surface area contributed by atoms with Crippen LogP contribution in [-0.2, 0) is 0 Å². The average Bonchev–Trinajstić information content (AvgIpc) is 2.29. The van der Waals surface area contributed by atoms with Crippen LogP contribution in [0.15, 0.2) is 6.07 Å². The van der Waals surface area contributed by atoms with Gasteiger partial charge in [0.05, 0.1) is 17.1 Å². The molecule has 1 aromatic carbocycles. The SMILES string of the molecule is [C-]#[N+]c1c(F)cc(C(=O)NC)c(F)c1[N+](=O)[O-]. The van der Waals surface area contributed by atoms with Crippen molar-refractivity contribution < 1.29 is 18.5 Å². The molecule has 6 nitrogen and oxygen atoms in total. The maximum absolute atomic E-state index is 13.6. The van der Waals surface area contributed by atoms with Crippen LogP contribution in [-0.4, -0.2) is 17.9 Å². The zero-order valence-electron chi connectivity index (χ0n) is 8.45. The molecule has 0 aliphatic rings. The van der Waals surface area contributed by atoms with Gasteiger partial charge >= 0.3 is 11.4 Å². The standard InChI is InChI=1S/C9H5F2N3O3/c1-12-7-5(10)3-4(9(15)13-2)6(11)8(7)14(16)17/h3H,2H3,(H,13,15). The number of amides is 1. The second-order valence-electron chi connectivity index (χ2n) is 2.87. The minimum absolute atomic E-state index is 0.453. The van der Waals surface area contributed by atoms with Crippen LogP contribution in [0.1, 0.15) is 10.4 Å². The molecule has 88 valence electrons. The molecule has 0 aliphatic heterocycles. The second-order valence-corrected chi connectivity index (χ2v) is 2.87. The molecule has 1 aromatic rings. The molecule has 0 aliphatic carbocycles. The number of rotatable bonds is 2. The first kappa shape index (κ1) is 12.5. The Morgan fingerprint density at radius 2 is 2.18 bits per heavy atom. The lowest BCUT2D eigenvalue weighted by Gasteiger charge is -2.04. The molecule has 0 bridgehead atoms. The molecule has 0 saturated carbocycles. The Labute approximate surface area is 93.8 Å². The molecule has 0 atom stereocenters. The zero-order chi connectivity index (χ0) is 13.2. The lowest BCUT2D eigenvalue weighted by molar-refractivity contribution is -0.386. The molecule has 0 heterocycles. The van der Waals surface area contributed by atoms with Gasteiger partial charge in [0.2, 0.25) is 5.82 Å². The fourth-order valence-electron chi connectivity index (χ4n) is 1.18. The summed E-state index contributed by atoms with van der Waals surface area (Å²) < 4.78 is 26.9. The van der Waals surface area contributed by atoms with E-state index >= 15 is 0 Å². The van der Waals surface area contributed by atoms with E-state index in [0.29, 0.717) is 6.07 Å². The molecule has 0 unspecified atom stereocenters. The Kier molecular flexibility index (Phi) is 3.33. The predicted molar refractivity (Wildman–Crippen MR) is 52.7 cm³/mol. The summed E-state index contributed by atoms with van der Waals surface area (Å²) in [5.41, 5.74) is -3.21. The highest BCUT2D eigenvalue weighted by Gasteiger charge is 2.30. The van der Waals surface area contributed by atoms with Crippen LogP contribution in [0.5, 0.6) is 0 Å². The highest BCUT2D eigenvalue weighted by Crippen LogP contribution is 2.35. The van der Waals surface area contributed by atoms with Crippen molar-refractivity contribution in [2.75, 3.05) is 7.05 Å². The van der Waals surface area contributed by atoms with Gasteiger partial charge in [0.25, 0.3) is 5.91 Å². The van der Waals surface area contributed by atoms with Crippen molar-refractivity contribution in [1.82, 2.24) is 5.32 Å². The van der Waals surface area contributed by atoms with Crippen LogP contribution in [0.3, 0.4) is 0 Å². The summed E-state index contributed by atoms with van der Waals surface area (Å²) >= 11 is 0. The van der Waals surface area contributed by atoms with Crippen molar-refractivity contribution in [3.05, 3.63) is 44.8 Å². The van der Waals surface area contributed by atoms with Crippen molar-refractivity contribution >= 4 is 17.3 Å². The molecule has 17 heavy (non-hydrogen) atoms. The summed E-state index contributed by atoms with van der Waals surface area (Å²) in [6.45, 7) is 6.55. The van der Waals surface area contributed by atoms with Crippen molar-refractivity contribution in [3.63, 3.8) is 0 Å².